The highest BCUT2D eigenvalue weighted by atomic mass is 32.2. The highest BCUT2D eigenvalue weighted by Gasteiger charge is 2.45. The molecule has 7 atom stereocenters. The van der Waals surface area contributed by atoms with Gasteiger partial charge in [0.1, 0.15) is 9.84 Å². The lowest BCUT2D eigenvalue weighted by molar-refractivity contribution is -0.00963. The van der Waals surface area contributed by atoms with Crippen molar-refractivity contribution in [3.8, 4) is 0 Å². The molecular weight excluding hydrogens is 276 g/mol. The predicted octanol–water partition coefficient (Wildman–Crippen LogP) is 2.01. The molecule has 1 saturated carbocycles. The summed E-state index contributed by atoms with van der Waals surface area (Å²) in [6, 6.07) is 0. The first-order valence-electron chi connectivity index (χ1n) is 7.74. The van der Waals surface area contributed by atoms with E-state index in [0.717, 1.165) is 19.3 Å². The highest BCUT2D eigenvalue weighted by molar-refractivity contribution is 7.91. The third-order valence-corrected chi connectivity index (χ3v) is 7.11. The Kier molecular flexibility index (Phi) is 4.82. The van der Waals surface area contributed by atoms with Crippen molar-refractivity contribution in [1.29, 1.82) is 0 Å². The zero-order valence-corrected chi connectivity index (χ0v) is 13.8. The molecule has 1 aliphatic carbocycles. The molecule has 0 spiro atoms. The Labute approximate surface area is 122 Å². The second-order valence-corrected chi connectivity index (χ2v) is 9.18. The molecule has 2 aliphatic rings. The Morgan fingerprint density at radius 1 is 1.15 bits per heavy atom. The van der Waals surface area contributed by atoms with Crippen LogP contribution in [0.15, 0.2) is 0 Å². The molecule has 1 aliphatic heterocycles. The van der Waals surface area contributed by atoms with Crippen molar-refractivity contribution in [3.63, 3.8) is 0 Å². The van der Waals surface area contributed by atoms with Gasteiger partial charge in [-0.3, -0.25) is 0 Å². The molecule has 0 aromatic rings. The predicted molar refractivity (Wildman–Crippen MR) is 79.3 cm³/mol. The average molecular weight is 304 g/mol. The van der Waals surface area contributed by atoms with Gasteiger partial charge in [-0.05, 0) is 44.9 Å². The Morgan fingerprint density at radius 3 is 2.30 bits per heavy atom. The summed E-state index contributed by atoms with van der Waals surface area (Å²) in [5.41, 5.74) is 0. The van der Waals surface area contributed by atoms with Gasteiger partial charge in [0.05, 0.1) is 23.6 Å². The van der Waals surface area contributed by atoms with Crippen LogP contribution in [0.5, 0.6) is 0 Å². The van der Waals surface area contributed by atoms with E-state index in [0.29, 0.717) is 12.3 Å². The quantitative estimate of drug-likeness (QED) is 0.866. The monoisotopic (exact) mass is 304 g/mol. The van der Waals surface area contributed by atoms with Gasteiger partial charge in [0, 0.05) is 12.2 Å². The van der Waals surface area contributed by atoms with E-state index in [4.69, 9.17) is 4.74 Å². The summed E-state index contributed by atoms with van der Waals surface area (Å²) in [5.74, 6) is 0.527. The number of aliphatic hydroxyl groups excluding tert-OH is 1. The minimum atomic E-state index is -3.00. The van der Waals surface area contributed by atoms with Gasteiger partial charge in [0.15, 0.2) is 0 Å². The molecule has 1 saturated heterocycles. The van der Waals surface area contributed by atoms with E-state index in [2.05, 4.69) is 6.92 Å². The molecule has 1 heterocycles. The van der Waals surface area contributed by atoms with E-state index in [1.165, 1.54) is 6.26 Å². The van der Waals surface area contributed by atoms with E-state index in [1.54, 1.807) is 0 Å². The summed E-state index contributed by atoms with van der Waals surface area (Å²) in [4.78, 5) is 0. The fourth-order valence-electron chi connectivity index (χ4n) is 4.08. The largest absolute Gasteiger partial charge is 0.392 e. The zero-order chi connectivity index (χ0) is 15.1. The average Bonchev–Trinajstić information content (AvgIpc) is 2.62. The van der Waals surface area contributed by atoms with Gasteiger partial charge in [0.25, 0.3) is 0 Å². The number of ether oxygens (including phenoxy) is 1. The first-order chi connectivity index (χ1) is 9.21. The summed E-state index contributed by atoms with van der Waals surface area (Å²) in [6.45, 7) is 6.19. The second-order valence-electron chi connectivity index (χ2n) is 6.85. The molecule has 1 N–H and O–H groups in total. The van der Waals surface area contributed by atoms with Crippen LogP contribution >= 0.6 is 0 Å². The van der Waals surface area contributed by atoms with Gasteiger partial charge in [0.2, 0.25) is 0 Å². The lowest BCUT2D eigenvalue weighted by Gasteiger charge is -2.36. The summed E-state index contributed by atoms with van der Waals surface area (Å²) in [5, 5.41) is 10.5. The van der Waals surface area contributed by atoms with Gasteiger partial charge in [-0.1, -0.05) is 13.3 Å². The third-order valence-electron chi connectivity index (χ3n) is 5.47. The van der Waals surface area contributed by atoms with Crippen molar-refractivity contribution in [2.75, 3.05) is 6.26 Å². The van der Waals surface area contributed by atoms with Crippen LogP contribution in [0.3, 0.4) is 0 Å². The van der Waals surface area contributed by atoms with E-state index in [1.807, 2.05) is 13.8 Å². The van der Waals surface area contributed by atoms with Crippen molar-refractivity contribution in [2.45, 2.75) is 70.0 Å². The minimum absolute atomic E-state index is 0.0496. The molecule has 2 fully saturated rings. The lowest BCUT2D eigenvalue weighted by atomic mass is 9.74. The molecule has 20 heavy (non-hydrogen) atoms. The van der Waals surface area contributed by atoms with Crippen molar-refractivity contribution < 1.29 is 18.3 Å². The summed E-state index contributed by atoms with van der Waals surface area (Å²) in [7, 11) is -3.00. The molecule has 2 rings (SSSR count). The lowest BCUT2D eigenvalue weighted by Crippen LogP contribution is -2.40. The molecule has 0 bridgehead atoms. The fourth-order valence-corrected chi connectivity index (χ4v) is 5.27. The molecule has 0 amide bonds. The van der Waals surface area contributed by atoms with E-state index >= 15 is 0 Å². The van der Waals surface area contributed by atoms with E-state index < -0.39 is 15.9 Å². The molecule has 4 nitrogen and oxygen atoms in total. The van der Waals surface area contributed by atoms with E-state index in [-0.39, 0.29) is 29.3 Å². The van der Waals surface area contributed by atoms with Crippen molar-refractivity contribution >= 4 is 9.84 Å². The molecule has 0 aromatic heterocycles. The SMILES string of the molecule is CC1OC(C)C(C(O)C2CCCC(S(C)(=O)=O)C2)C1C. The molecular formula is C15H28O4S. The van der Waals surface area contributed by atoms with Crippen LogP contribution in [0.25, 0.3) is 0 Å². The van der Waals surface area contributed by atoms with Crippen molar-refractivity contribution in [1.82, 2.24) is 0 Å². The minimum Gasteiger partial charge on any atom is -0.392 e. The maximum absolute atomic E-state index is 11.8. The first-order valence-corrected chi connectivity index (χ1v) is 9.69. The van der Waals surface area contributed by atoms with Crippen molar-refractivity contribution in [2.24, 2.45) is 17.8 Å². The van der Waals surface area contributed by atoms with Gasteiger partial charge in [-0.2, -0.15) is 0 Å². The van der Waals surface area contributed by atoms with Crippen LogP contribution in [-0.2, 0) is 14.6 Å². The Balaban J connectivity index is 2.07. The Hall–Kier alpha value is -0.130. The molecule has 0 aromatic carbocycles. The first kappa shape index (κ1) is 16.2. The van der Waals surface area contributed by atoms with E-state index in [9.17, 15) is 13.5 Å². The van der Waals surface area contributed by atoms with Gasteiger partial charge in [-0.25, -0.2) is 8.42 Å². The standard InChI is InChI=1S/C15H28O4S/c1-9-10(2)19-11(3)14(9)15(16)12-6-5-7-13(8-12)20(4,17)18/h9-16H,5-8H2,1-4H3. The summed E-state index contributed by atoms with van der Waals surface area (Å²) >= 11 is 0. The smallest absolute Gasteiger partial charge is 0.150 e. The van der Waals surface area contributed by atoms with Crippen molar-refractivity contribution in [3.05, 3.63) is 0 Å². The topological polar surface area (TPSA) is 63.6 Å². The van der Waals surface area contributed by atoms with Crippen LogP contribution in [0, 0.1) is 17.8 Å². The fraction of sp³-hybridized carbons (Fsp3) is 1.00. The zero-order valence-electron chi connectivity index (χ0n) is 13.0. The summed E-state index contributed by atoms with van der Waals surface area (Å²) < 4.78 is 29.3. The molecule has 118 valence electrons. The second kappa shape index (κ2) is 5.93. The highest BCUT2D eigenvalue weighted by Crippen LogP contribution is 2.41. The third kappa shape index (κ3) is 3.20. The van der Waals surface area contributed by atoms with Gasteiger partial charge < -0.3 is 9.84 Å². The molecule has 5 heteroatoms. The van der Waals surface area contributed by atoms with Crippen LogP contribution in [-0.4, -0.2) is 43.3 Å². The van der Waals surface area contributed by atoms with Crippen LogP contribution in [0.1, 0.15) is 46.5 Å². The molecule has 0 radical (unpaired) electrons. The van der Waals surface area contributed by atoms with Crippen LogP contribution in [0.4, 0.5) is 0 Å². The van der Waals surface area contributed by atoms with Gasteiger partial charge in [-0.15, -0.1) is 0 Å². The number of hydrogen-bond acceptors (Lipinski definition) is 4. The van der Waals surface area contributed by atoms with Crippen LogP contribution < -0.4 is 0 Å². The summed E-state index contributed by atoms with van der Waals surface area (Å²) in [6.07, 6.45) is 4.25. The maximum Gasteiger partial charge on any atom is 0.150 e. The normalized spacial score (nSPS) is 44.5. The maximum atomic E-state index is 11.8. The van der Waals surface area contributed by atoms with Crippen LogP contribution in [0.2, 0.25) is 0 Å². The molecule has 7 unspecified atom stereocenters. The number of aliphatic hydroxyl groups is 1. The number of rotatable bonds is 3. The number of sulfone groups is 1. The number of hydrogen-bond donors (Lipinski definition) is 1. The van der Waals surface area contributed by atoms with Gasteiger partial charge >= 0.3 is 0 Å². The Morgan fingerprint density at radius 2 is 1.80 bits per heavy atom. The Bertz CT molecular complexity index is 433.